The molecule has 4 N–H and O–H groups in total. The van der Waals surface area contributed by atoms with E-state index in [1.165, 1.54) is 56.1 Å². The van der Waals surface area contributed by atoms with Crippen LogP contribution in [-0.4, -0.2) is 62.9 Å². The number of para-hydroxylation sites is 1. The summed E-state index contributed by atoms with van der Waals surface area (Å²) in [4.78, 5) is 20.0. The Morgan fingerprint density at radius 3 is 2.76 bits per heavy atom. The zero-order valence-electron chi connectivity index (χ0n) is 24.2. The number of phenolic OH excluding ortho intramolecular Hbond substituents is 1. The van der Waals surface area contributed by atoms with Crippen molar-refractivity contribution in [3.63, 3.8) is 0 Å². The molecule has 7 heteroatoms. The number of aliphatic hydroxyl groups is 1. The van der Waals surface area contributed by atoms with Gasteiger partial charge in [0.15, 0.2) is 11.5 Å². The van der Waals surface area contributed by atoms with Crippen LogP contribution in [0.3, 0.4) is 0 Å². The summed E-state index contributed by atoms with van der Waals surface area (Å²) in [5.41, 5.74) is 3.49. The smallest absolute Gasteiger partial charge is 0.253 e. The molecule has 42 heavy (non-hydrogen) atoms. The molecule has 7 nitrogen and oxygen atoms in total. The number of carbonyl (C=O) groups is 1. The number of aromatic amines is 1. The van der Waals surface area contributed by atoms with Gasteiger partial charge in [-0.2, -0.15) is 0 Å². The second-order valence-electron chi connectivity index (χ2n) is 14.2. The van der Waals surface area contributed by atoms with Crippen molar-refractivity contribution in [3.05, 3.63) is 58.8 Å². The molecule has 4 aliphatic carbocycles. The maximum absolute atomic E-state index is 14.0. The molecule has 0 unspecified atom stereocenters. The van der Waals surface area contributed by atoms with E-state index in [9.17, 15) is 15.0 Å². The fourth-order valence-electron chi connectivity index (χ4n) is 9.99. The summed E-state index contributed by atoms with van der Waals surface area (Å²) >= 11 is 0. The van der Waals surface area contributed by atoms with Crippen LogP contribution >= 0.6 is 0 Å². The number of hydrogen-bond acceptors (Lipinski definition) is 5. The Morgan fingerprint density at radius 2 is 1.93 bits per heavy atom. The number of aromatic hydroxyl groups is 1. The average molecular weight is 568 g/mol. The Kier molecular flexibility index (Phi) is 5.45. The number of carbonyl (C=O) groups excluding carboxylic acids is 1. The summed E-state index contributed by atoms with van der Waals surface area (Å²) in [7, 11) is 0. The summed E-state index contributed by atoms with van der Waals surface area (Å²) in [5, 5.41) is 28.2. The van der Waals surface area contributed by atoms with Gasteiger partial charge in [0.1, 0.15) is 6.10 Å². The Hall–Kier alpha value is -3.03. The summed E-state index contributed by atoms with van der Waals surface area (Å²) < 4.78 is 6.67. The third-order valence-electron chi connectivity index (χ3n) is 12.1. The highest BCUT2D eigenvalue weighted by atomic mass is 16.5. The fraction of sp³-hybridized carbons (Fsp3) is 0.571. The number of benzene rings is 2. The molecular weight excluding hydrogens is 526 g/mol. The molecular formula is C35H41N3O4. The molecule has 1 aromatic heterocycles. The number of rotatable bonds is 5. The first-order valence-corrected chi connectivity index (χ1v) is 16.4. The number of nitrogens with zero attached hydrogens (tertiary/aromatic N) is 1. The van der Waals surface area contributed by atoms with Crippen molar-refractivity contribution < 1.29 is 19.7 Å². The second-order valence-corrected chi connectivity index (χ2v) is 14.2. The van der Waals surface area contributed by atoms with E-state index in [2.05, 4.69) is 27.5 Å². The van der Waals surface area contributed by atoms with E-state index in [0.717, 1.165) is 48.3 Å². The Balaban J connectivity index is 1.06. The molecule has 9 rings (SSSR count). The molecule has 1 saturated heterocycles. The van der Waals surface area contributed by atoms with Gasteiger partial charge in [0.25, 0.3) is 5.91 Å². The molecule has 2 aromatic carbocycles. The quantitative estimate of drug-likeness (QED) is 0.336. The van der Waals surface area contributed by atoms with E-state index in [1.54, 1.807) is 6.07 Å². The molecule has 5 atom stereocenters. The van der Waals surface area contributed by atoms with Crippen LogP contribution in [0.25, 0.3) is 10.9 Å². The Bertz CT molecular complexity index is 1590. The first-order chi connectivity index (χ1) is 20.5. The van der Waals surface area contributed by atoms with Crippen molar-refractivity contribution in [2.24, 2.45) is 5.92 Å². The van der Waals surface area contributed by atoms with Gasteiger partial charge in [-0.05, 0) is 93.0 Å². The fourth-order valence-corrected chi connectivity index (χ4v) is 9.99. The lowest BCUT2D eigenvalue weighted by atomic mass is 9.48. The van der Waals surface area contributed by atoms with Gasteiger partial charge < -0.3 is 25.3 Å². The lowest BCUT2D eigenvalue weighted by Gasteiger charge is -2.64. The Morgan fingerprint density at radius 1 is 1.07 bits per heavy atom. The van der Waals surface area contributed by atoms with Crippen LogP contribution in [0, 0.1) is 5.92 Å². The van der Waals surface area contributed by atoms with Crippen molar-refractivity contribution in [1.29, 1.82) is 0 Å². The number of ether oxygens (including phenoxy) is 1. The van der Waals surface area contributed by atoms with E-state index in [0.29, 0.717) is 30.1 Å². The number of amides is 1. The highest BCUT2D eigenvalue weighted by molar-refractivity contribution is 6.06. The number of piperidine rings is 1. The van der Waals surface area contributed by atoms with E-state index in [-0.39, 0.29) is 23.7 Å². The third-order valence-corrected chi connectivity index (χ3v) is 12.1. The predicted molar refractivity (Wildman–Crippen MR) is 160 cm³/mol. The maximum Gasteiger partial charge on any atom is 0.253 e. The van der Waals surface area contributed by atoms with Crippen molar-refractivity contribution in [1.82, 2.24) is 15.2 Å². The van der Waals surface area contributed by atoms with E-state index in [4.69, 9.17) is 4.74 Å². The molecule has 4 fully saturated rings. The lowest BCUT2D eigenvalue weighted by molar-refractivity contribution is -0.191. The van der Waals surface area contributed by atoms with Gasteiger partial charge >= 0.3 is 0 Å². The van der Waals surface area contributed by atoms with Crippen LogP contribution in [0.5, 0.6) is 11.5 Å². The number of H-pyrrole nitrogens is 1. The van der Waals surface area contributed by atoms with Crippen molar-refractivity contribution in [2.45, 2.75) is 106 Å². The van der Waals surface area contributed by atoms with Crippen LogP contribution in [0.15, 0.2) is 36.5 Å². The van der Waals surface area contributed by atoms with E-state index < -0.39 is 17.1 Å². The molecule has 2 aliphatic heterocycles. The summed E-state index contributed by atoms with van der Waals surface area (Å²) in [5.74, 6) is 1.86. The molecule has 3 aromatic rings. The molecule has 2 bridgehead atoms. The standard InChI is InChI=1S/C35H41N3O4/c39-27-12-11-22-17-28-35(41)14-13-26(32-34(35,29(22)31(27)42-32)15-16-38(28)19-20-9-10-20)37-33(40)24-8-4-7-23-25(18-36-30(23)24)21-5-2-1-3-6-21/h4,7-8,11-12,18,20-21,26,28,32,36,39,41H,1-3,5-6,9-10,13-17,19H2,(H,37,40)/t26-,28+,32-,34-,35+/m0/s1. The molecule has 0 radical (unpaired) electrons. The monoisotopic (exact) mass is 567 g/mol. The first kappa shape index (κ1) is 25.5. The normalized spacial score (nSPS) is 33.8. The molecule has 1 spiro atoms. The topological polar surface area (TPSA) is 97.8 Å². The lowest BCUT2D eigenvalue weighted by Crippen LogP contribution is -2.78. The predicted octanol–water partition coefficient (Wildman–Crippen LogP) is 5.28. The van der Waals surface area contributed by atoms with Crippen molar-refractivity contribution >= 4 is 16.8 Å². The number of likely N-dealkylation sites (tertiary alicyclic amines) is 1. The largest absolute Gasteiger partial charge is 0.504 e. The summed E-state index contributed by atoms with van der Waals surface area (Å²) in [6, 6.07) is 9.60. The van der Waals surface area contributed by atoms with E-state index in [1.807, 2.05) is 18.2 Å². The van der Waals surface area contributed by atoms with Crippen molar-refractivity contribution in [2.75, 3.05) is 13.1 Å². The van der Waals surface area contributed by atoms with Gasteiger partial charge in [-0.3, -0.25) is 9.69 Å². The first-order valence-electron chi connectivity index (χ1n) is 16.4. The maximum atomic E-state index is 14.0. The van der Waals surface area contributed by atoms with Crippen molar-refractivity contribution in [3.8, 4) is 11.5 Å². The van der Waals surface area contributed by atoms with Gasteiger partial charge in [-0.1, -0.05) is 37.5 Å². The van der Waals surface area contributed by atoms with Crippen LogP contribution in [0.2, 0.25) is 0 Å². The summed E-state index contributed by atoms with van der Waals surface area (Å²) in [6.07, 6.45) is 13.4. The molecule has 1 amide bonds. The Labute approximate surface area is 246 Å². The van der Waals surface area contributed by atoms with Gasteiger partial charge in [0.05, 0.1) is 28.1 Å². The summed E-state index contributed by atoms with van der Waals surface area (Å²) in [6.45, 7) is 1.96. The van der Waals surface area contributed by atoms with Crippen LogP contribution < -0.4 is 10.1 Å². The molecule has 6 aliphatic rings. The zero-order chi connectivity index (χ0) is 28.2. The van der Waals surface area contributed by atoms with Crippen LogP contribution in [0.4, 0.5) is 0 Å². The average Bonchev–Trinajstić information content (AvgIpc) is 3.59. The second kappa shape index (κ2) is 8.99. The van der Waals surface area contributed by atoms with Gasteiger partial charge in [-0.15, -0.1) is 0 Å². The van der Waals surface area contributed by atoms with Crippen LogP contribution in [0.1, 0.15) is 97.2 Å². The number of phenols is 1. The molecule has 3 saturated carbocycles. The molecule has 3 heterocycles. The van der Waals surface area contributed by atoms with Gasteiger partial charge in [0, 0.05) is 29.7 Å². The SMILES string of the molecule is O=C(N[C@H]1CC[C@@]2(O)[C@H]3Cc4ccc(O)c5c4[C@@]2(CCN3CC2CC2)[C@H]1O5)c1cccc2c(C3CCCCC3)c[nH]c12. The number of aromatic nitrogens is 1. The zero-order valence-corrected chi connectivity index (χ0v) is 24.2. The van der Waals surface area contributed by atoms with Gasteiger partial charge in [-0.25, -0.2) is 0 Å². The van der Waals surface area contributed by atoms with E-state index >= 15 is 0 Å². The third kappa shape index (κ3) is 3.38. The molecule has 220 valence electrons. The van der Waals surface area contributed by atoms with Crippen LogP contribution in [-0.2, 0) is 11.8 Å². The number of hydrogen-bond donors (Lipinski definition) is 4. The minimum absolute atomic E-state index is 0.0310. The number of nitrogens with one attached hydrogen (secondary N) is 2. The minimum atomic E-state index is -0.952. The number of fused-ring (bicyclic) bond motifs is 1. The highest BCUT2D eigenvalue weighted by Gasteiger charge is 2.73. The van der Waals surface area contributed by atoms with Gasteiger partial charge in [0.2, 0.25) is 0 Å². The highest BCUT2D eigenvalue weighted by Crippen LogP contribution is 2.65. The minimum Gasteiger partial charge on any atom is -0.504 e.